The maximum absolute atomic E-state index is 13.6. The van der Waals surface area contributed by atoms with Gasteiger partial charge in [0.2, 0.25) is 5.89 Å². The van der Waals surface area contributed by atoms with Crippen molar-refractivity contribution in [2.45, 2.75) is 68.3 Å². The Labute approximate surface area is 194 Å². The molecule has 0 unspecified atom stereocenters. The summed E-state index contributed by atoms with van der Waals surface area (Å²) in [6.45, 7) is 0. The molecule has 1 aromatic carbocycles. The number of thioether (sulfide) groups is 1. The second-order valence-electron chi connectivity index (χ2n) is 8.60. The fraction of sp³-hybridized carbons (Fsp3) is 0.417. The van der Waals surface area contributed by atoms with Crippen molar-refractivity contribution >= 4 is 33.3 Å². The first kappa shape index (κ1) is 20.2. The van der Waals surface area contributed by atoms with Crippen molar-refractivity contribution in [3.63, 3.8) is 0 Å². The molecular formula is C24H24N4O2S2. The van der Waals surface area contributed by atoms with Gasteiger partial charge in [-0.2, -0.15) is 4.98 Å². The van der Waals surface area contributed by atoms with E-state index >= 15 is 0 Å². The number of fused-ring (bicyclic) bond motifs is 3. The molecule has 0 saturated heterocycles. The first-order valence-electron chi connectivity index (χ1n) is 11.3. The monoisotopic (exact) mass is 464 g/mol. The van der Waals surface area contributed by atoms with Gasteiger partial charge in [0, 0.05) is 17.3 Å². The van der Waals surface area contributed by atoms with Gasteiger partial charge in [0.25, 0.3) is 5.56 Å². The molecule has 0 bridgehead atoms. The fourth-order valence-electron chi connectivity index (χ4n) is 4.95. The second kappa shape index (κ2) is 8.48. The molecule has 0 amide bonds. The van der Waals surface area contributed by atoms with E-state index in [-0.39, 0.29) is 11.6 Å². The van der Waals surface area contributed by atoms with Crippen molar-refractivity contribution in [3.05, 3.63) is 68.4 Å². The summed E-state index contributed by atoms with van der Waals surface area (Å²) in [5.41, 5.74) is 2.56. The van der Waals surface area contributed by atoms with Crippen LogP contribution in [-0.4, -0.2) is 19.7 Å². The summed E-state index contributed by atoms with van der Waals surface area (Å²) in [6, 6.07) is 10.4. The molecule has 8 heteroatoms. The van der Waals surface area contributed by atoms with Gasteiger partial charge >= 0.3 is 0 Å². The van der Waals surface area contributed by atoms with Crippen LogP contribution < -0.4 is 5.56 Å². The molecule has 2 aliphatic rings. The van der Waals surface area contributed by atoms with Gasteiger partial charge in [0.1, 0.15) is 4.83 Å². The van der Waals surface area contributed by atoms with Crippen LogP contribution >= 0.6 is 23.1 Å². The van der Waals surface area contributed by atoms with Gasteiger partial charge in [-0.05, 0) is 43.2 Å². The van der Waals surface area contributed by atoms with Gasteiger partial charge in [-0.3, -0.25) is 9.36 Å². The predicted octanol–water partition coefficient (Wildman–Crippen LogP) is 5.33. The van der Waals surface area contributed by atoms with Crippen LogP contribution in [0.15, 0.2) is 44.8 Å². The van der Waals surface area contributed by atoms with Crippen molar-refractivity contribution < 1.29 is 4.52 Å². The molecule has 3 heterocycles. The summed E-state index contributed by atoms with van der Waals surface area (Å²) < 4.78 is 7.48. The smallest absolute Gasteiger partial charge is 0.263 e. The number of nitrogens with zero attached hydrogens (tertiary/aromatic N) is 4. The molecule has 4 aromatic rings. The Morgan fingerprint density at radius 2 is 1.94 bits per heavy atom. The van der Waals surface area contributed by atoms with Crippen LogP contribution in [0.4, 0.5) is 0 Å². The van der Waals surface area contributed by atoms with Crippen LogP contribution in [0.5, 0.6) is 0 Å². The summed E-state index contributed by atoms with van der Waals surface area (Å²) in [5, 5.41) is 5.80. The first-order chi connectivity index (χ1) is 15.8. The summed E-state index contributed by atoms with van der Waals surface area (Å²) in [5.74, 6) is 1.76. The predicted molar refractivity (Wildman–Crippen MR) is 127 cm³/mol. The Balaban J connectivity index is 1.29. The summed E-state index contributed by atoms with van der Waals surface area (Å²) >= 11 is 3.24. The average Bonchev–Trinajstić information content (AvgIpc) is 3.58. The minimum absolute atomic E-state index is 0.152. The van der Waals surface area contributed by atoms with E-state index in [0.29, 0.717) is 23.9 Å². The van der Waals surface area contributed by atoms with Crippen molar-refractivity contribution in [1.82, 2.24) is 19.7 Å². The van der Waals surface area contributed by atoms with E-state index in [1.165, 1.54) is 35.0 Å². The van der Waals surface area contributed by atoms with Gasteiger partial charge in [0.05, 0.1) is 11.1 Å². The number of aromatic nitrogens is 4. The Bertz CT molecular complexity index is 1320. The Morgan fingerprint density at radius 1 is 1.09 bits per heavy atom. The zero-order valence-corrected chi connectivity index (χ0v) is 19.4. The zero-order chi connectivity index (χ0) is 21.5. The standard InChI is InChI=1S/C24H24N4O2S2/c29-23-21-17-11-6-12-18(17)32-22(21)26-24(28(23)16-9-4-5-10-16)31-14-20-25-19(27-30-20)13-15-7-2-1-3-8-15/h1-3,7-8,16H,4-6,9-14H2. The Hall–Kier alpha value is -2.45. The SMILES string of the molecule is O=c1c2c3c(sc2nc(SCc2nc(Cc4ccccc4)no2)n1C1CCCC1)CCC3. The van der Waals surface area contributed by atoms with Crippen LogP contribution in [0.3, 0.4) is 0 Å². The highest BCUT2D eigenvalue weighted by Gasteiger charge is 2.27. The van der Waals surface area contributed by atoms with E-state index in [1.54, 1.807) is 11.3 Å². The van der Waals surface area contributed by atoms with Gasteiger partial charge in [0.15, 0.2) is 11.0 Å². The van der Waals surface area contributed by atoms with Crippen molar-refractivity contribution in [3.8, 4) is 0 Å². The molecule has 0 spiro atoms. The van der Waals surface area contributed by atoms with E-state index in [1.807, 2.05) is 22.8 Å². The van der Waals surface area contributed by atoms with E-state index in [0.717, 1.165) is 53.0 Å². The number of hydrogen-bond donors (Lipinski definition) is 0. The maximum atomic E-state index is 13.6. The molecule has 0 radical (unpaired) electrons. The quantitative estimate of drug-likeness (QED) is 0.284. The summed E-state index contributed by atoms with van der Waals surface area (Å²) in [6.07, 6.45) is 8.33. The topological polar surface area (TPSA) is 73.8 Å². The highest BCUT2D eigenvalue weighted by molar-refractivity contribution is 7.98. The zero-order valence-electron chi connectivity index (χ0n) is 17.7. The lowest BCUT2D eigenvalue weighted by Crippen LogP contribution is -2.26. The third-order valence-electron chi connectivity index (χ3n) is 6.47. The van der Waals surface area contributed by atoms with E-state index in [9.17, 15) is 4.79 Å². The summed E-state index contributed by atoms with van der Waals surface area (Å²) in [4.78, 5) is 25.4. The van der Waals surface area contributed by atoms with Crippen LogP contribution in [0.25, 0.3) is 10.2 Å². The average molecular weight is 465 g/mol. The molecule has 3 aromatic heterocycles. The van der Waals surface area contributed by atoms with Crippen LogP contribution in [0.1, 0.15) is 65.9 Å². The molecule has 0 atom stereocenters. The number of thiophene rings is 1. The number of aryl methyl sites for hydroxylation is 2. The lowest BCUT2D eigenvalue weighted by Gasteiger charge is -2.17. The van der Waals surface area contributed by atoms with E-state index in [2.05, 4.69) is 22.3 Å². The van der Waals surface area contributed by atoms with Gasteiger partial charge < -0.3 is 4.52 Å². The van der Waals surface area contributed by atoms with Gasteiger partial charge in [-0.25, -0.2) is 4.98 Å². The molecule has 2 aliphatic carbocycles. The minimum Gasteiger partial charge on any atom is -0.338 e. The minimum atomic E-state index is 0.152. The summed E-state index contributed by atoms with van der Waals surface area (Å²) in [7, 11) is 0. The van der Waals surface area contributed by atoms with E-state index in [4.69, 9.17) is 9.51 Å². The fourth-order valence-corrected chi connectivity index (χ4v) is 7.16. The number of rotatable bonds is 6. The van der Waals surface area contributed by atoms with Gasteiger partial charge in [-0.15, -0.1) is 11.3 Å². The Morgan fingerprint density at radius 3 is 2.78 bits per heavy atom. The molecule has 0 aliphatic heterocycles. The van der Waals surface area contributed by atoms with Crippen molar-refractivity contribution in [2.75, 3.05) is 0 Å². The lowest BCUT2D eigenvalue weighted by atomic mass is 10.1. The second-order valence-corrected chi connectivity index (χ2v) is 10.6. The maximum Gasteiger partial charge on any atom is 0.263 e. The largest absolute Gasteiger partial charge is 0.338 e. The van der Waals surface area contributed by atoms with Crippen molar-refractivity contribution in [2.24, 2.45) is 0 Å². The number of benzene rings is 1. The molecule has 32 heavy (non-hydrogen) atoms. The highest BCUT2D eigenvalue weighted by Crippen LogP contribution is 2.38. The third kappa shape index (κ3) is 3.69. The molecule has 1 saturated carbocycles. The lowest BCUT2D eigenvalue weighted by molar-refractivity contribution is 0.385. The molecular weight excluding hydrogens is 440 g/mol. The first-order valence-corrected chi connectivity index (χ1v) is 13.1. The van der Waals surface area contributed by atoms with Gasteiger partial charge in [-0.1, -0.05) is 60.1 Å². The van der Waals surface area contributed by atoms with Crippen LogP contribution in [-0.2, 0) is 25.0 Å². The Kier molecular flexibility index (Phi) is 5.35. The highest BCUT2D eigenvalue weighted by atomic mass is 32.2. The van der Waals surface area contributed by atoms with Crippen LogP contribution in [0, 0.1) is 0 Å². The number of hydrogen-bond acceptors (Lipinski definition) is 7. The third-order valence-corrected chi connectivity index (χ3v) is 8.59. The molecule has 0 N–H and O–H groups in total. The van der Waals surface area contributed by atoms with Crippen LogP contribution in [0.2, 0.25) is 0 Å². The normalized spacial score (nSPS) is 16.2. The molecule has 164 valence electrons. The van der Waals surface area contributed by atoms with E-state index < -0.39 is 0 Å². The molecule has 6 nitrogen and oxygen atoms in total. The van der Waals surface area contributed by atoms with Crippen molar-refractivity contribution in [1.29, 1.82) is 0 Å². The molecule has 1 fully saturated rings. The molecule has 6 rings (SSSR count).